The largest absolute Gasteiger partial charge is 0.309 e. The molecule has 2 heterocycles. The maximum Gasteiger partial charge on any atom is 0.129 e. The summed E-state index contributed by atoms with van der Waals surface area (Å²) in [5, 5.41) is 2.42. The Kier molecular flexibility index (Phi) is 11.4. The number of aromatic nitrogens is 3. The average Bonchev–Trinajstić information content (AvgIpc) is 2.72. The first-order valence-electron chi connectivity index (χ1n) is 29.4. The van der Waals surface area contributed by atoms with Gasteiger partial charge in [-0.25, -0.2) is 0 Å². The fraction of sp³-hybridized carbons (Fsp3) is 0.114. The van der Waals surface area contributed by atoms with Crippen LogP contribution in [0.1, 0.15) is 63.3 Å². The van der Waals surface area contributed by atoms with Crippen molar-refractivity contribution in [2.75, 3.05) is 4.90 Å². The molecule has 0 radical (unpaired) electrons. The van der Waals surface area contributed by atoms with Crippen molar-refractivity contribution in [3.63, 3.8) is 0 Å². The smallest absolute Gasteiger partial charge is 0.129 e. The summed E-state index contributed by atoms with van der Waals surface area (Å²) in [6.45, 7) is 11.9. The van der Waals surface area contributed by atoms with Crippen LogP contribution in [0.3, 0.4) is 0 Å². The van der Waals surface area contributed by atoms with Crippen LogP contribution in [0, 0.1) is 5.92 Å². The molecule has 0 saturated heterocycles. The van der Waals surface area contributed by atoms with E-state index in [1.807, 2.05) is 0 Å². The fourth-order valence-corrected chi connectivity index (χ4v) is 15.1. The number of hydrogen-bond donors (Lipinski definition) is 0. The topological polar surface area (TPSA) is 34.0 Å². The molecule has 0 amide bonds. The minimum absolute atomic E-state index is 0.00603. The lowest BCUT2D eigenvalue weighted by atomic mass is 9.74. The van der Waals surface area contributed by atoms with Gasteiger partial charge in [-0.1, -0.05) is 204 Å². The third-order valence-electron chi connectivity index (χ3n) is 18.8. The van der Waals surface area contributed by atoms with Gasteiger partial charge in [-0.15, -0.1) is 0 Å². The molecule has 5 heteroatoms. The zero-order valence-electron chi connectivity index (χ0n) is 47.7. The molecule has 13 aromatic rings. The number of fused-ring (bicyclic) bond motifs is 9. The molecule has 3 aliphatic rings. The Hall–Kier alpha value is -9.68. The molecule has 0 N–H and O–H groups in total. The molecule has 0 aliphatic heterocycles. The highest BCUT2D eigenvalue weighted by atomic mass is 32.1. The van der Waals surface area contributed by atoms with Crippen LogP contribution in [0.2, 0.25) is 0 Å². The van der Waals surface area contributed by atoms with Gasteiger partial charge in [0.05, 0.1) is 28.4 Å². The SMILES string of the molecule is CC1CC=CC2=C1C(C)(C)c1cc(-c3ccc(-c4ccc5c(c4)c4cc(-c6ccc(-c7ccc8c(c7)C(C)(C)c7ccccc7-8)cc6)ccc4n5-c4ccc(-c5ccc(N(c6ccccc6)c6ccccc6)c6nsnc56)cc4)cc3)ccc12. The van der Waals surface area contributed by atoms with Gasteiger partial charge in [-0.3, -0.25) is 0 Å². The van der Waals surface area contributed by atoms with Gasteiger partial charge in [-0.2, -0.15) is 8.75 Å². The molecule has 84 heavy (non-hydrogen) atoms. The van der Waals surface area contributed by atoms with Crippen molar-refractivity contribution in [3.05, 3.63) is 283 Å². The number of para-hydroxylation sites is 2. The minimum atomic E-state index is -0.0517. The van der Waals surface area contributed by atoms with Crippen molar-refractivity contribution in [3.8, 4) is 72.4 Å². The number of benzene rings is 11. The predicted octanol–water partition coefficient (Wildman–Crippen LogP) is 21.5. The Morgan fingerprint density at radius 3 is 1.48 bits per heavy atom. The minimum Gasteiger partial charge on any atom is -0.309 e. The molecule has 3 aliphatic carbocycles. The van der Waals surface area contributed by atoms with Crippen LogP contribution in [0.15, 0.2) is 260 Å². The number of rotatable bonds is 9. The van der Waals surface area contributed by atoms with E-state index in [9.17, 15) is 0 Å². The van der Waals surface area contributed by atoms with E-state index in [0.29, 0.717) is 5.92 Å². The van der Waals surface area contributed by atoms with Crippen LogP contribution in [0.4, 0.5) is 17.1 Å². The zero-order valence-corrected chi connectivity index (χ0v) is 48.5. The second kappa shape index (κ2) is 19.2. The lowest BCUT2D eigenvalue weighted by molar-refractivity contribution is 0.530. The van der Waals surface area contributed by atoms with E-state index in [1.54, 1.807) is 5.57 Å². The quantitative estimate of drug-likeness (QED) is 0.144. The van der Waals surface area contributed by atoms with Gasteiger partial charge in [0, 0.05) is 44.2 Å². The molecule has 4 nitrogen and oxygen atoms in total. The Morgan fingerprint density at radius 1 is 0.417 bits per heavy atom. The molecule has 0 bridgehead atoms. The summed E-state index contributed by atoms with van der Waals surface area (Å²) < 4.78 is 12.3. The van der Waals surface area contributed by atoms with Crippen LogP contribution in [0.5, 0.6) is 0 Å². The first kappa shape index (κ1) is 50.1. The second-order valence-electron chi connectivity index (χ2n) is 24.3. The fourth-order valence-electron chi connectivity index (χ4n) is 14.6. The van der Waals surface area contributed by atoms with Crippen LogP contribution in [0.25, 0.3) is 111 Å². The molecule has 1 unspecified atom stereocenters. The highest BCUT2D eigenvalue weighted by Gasteiger charge is 2.40. The first-order chi connectivity index (χ1) is 41.1. The molecule has 0 fully saturated rings. The van der Waals surface area contributed by atoms with Crippen molar-refractivity contribution in [2.24, 2.45) is 5.92 Å². The summed E-state index contributed by atoms with van der Waals surface area (Å²) in [5.41, 5.74) is 31.4. The number of nitrogens with zero attached hydrogens (tertiary/aromatic N) is 4. The monoisotopic (exact) mass is 1100 g/mol. The molecular weight excluding hydrogens is 1040 g/mol. The van der Waals surface area contributed by atoms with E-state index in [-0.39, 0.29) is 10.8 Å². The Bertz CT molecular complexity index is 4810. The normalized spacial score (nSPS) is 15.4. The van der Waals surface area contributed by atoms with Crippen molar-refractivity contribution in [1.82, 2.24) is 13.3 Å². The van der Waals surface area contributed by atoms with E-state index in [2.05, 4.69) is 299 Å². The molecule has 2 aromatic heterocycles. The summed E-state index contributed by atoms with van der Waals surface area (Å²) in [6, 6.07) is 89.8. The zero-order chi connectivity index (χ0) is 56.4. The van der Waals surface area contributed by atoms with E-state index < -0.39 is 0 Å². The highest BCUT2D eigenvalue weighted by Crippen LogP contribution is 2.54. The molecule has 402 valence electrons. The van der Waals surface area contributed by atoms with Gasteiger partial charge in [0.2, 0.25) is 0 Å². The van der Waals surface area contributed by atoms with Crippen molar-refractivity contribution in [2.45, 2.75) is 51.9 Å². The Balaban J connectivity index is 0.766. The van der Waals surface area contributed by atoms with Gasteiger partial charge in [0.15, 0.2) is 0 Å². The maximum absolute atomic E-state index is 4.94. The molecule has 11 aromatic carbocycles. The first-order valence-corrected chi connectivity index (χ1v) is 30.2. The summed E-state index contributed by atoms with van der Waals surface area (Å²) in [5.74, 6) is 0.551. The summed E-state index contributed by atoms with van der Waals surface area (Å²) in [7, 11) is 0. The maximum atomic E-state index is 4.94. The molecule has 1 atom stereocenters. The second-order valence-corrected chi connectivity index (χ2v) is 24.8. The van der Waals surface area contributed by atoms with Crippen molar-refractivity contribution in [1.29, 1.82) is 0 Å². The van der Waals surface area contributed by atoms with Gasteiger partial charge < -0.3 is 9.47 Å². The van der Waals surface area contributed by atoms with Crippen LogP contribution in [-0.2, 0) is 10.8 Å². The number of anilines is 3. The van der Waals surface area contributed by atoms with Crippen LogP contribution in [-0.4, -0.2) is 13.3 Å². The molecular formula is C79H60N4S. The van der Waals surface area contributed by atoms with Gasteiger partial charge in [-0.05, 0) is 192 Å². The standard InChI is InChI=1S/C79H60N4S/c1-49-15-14-21-66-65-40-34-58(48-71(65)79(4,5)75(49)66)53-29-25-51(26-30-53)56-36-43-73-68(46-56)67-45-55(50-23-27-52(28-24-50)57-33-39-64-63-20-12-13-22-69(63)78(2,3)70(64)47-57)35-42-72(67)83(73)61-37-31-54(32-38-61)62-41-44-74(77-76(62)80-84-81-77)82(59-16-8-6-9-17-59)60-18-10-7-11-19-60/h6-14,16-49H,15H2,1-5H3. The van der Waals surface area contributed by atoms with E-state index in [0.717, 1.165) is 62.4 Å². The lowest BCUT2D eigenvalue weighted by Crippen LogP contribution is -2.22. The Labute approximate surface area is 495 Å². The number of allylic oxidation sites excluding steroid dienone is 4. The van der Waals surface area contributed by atoms with E-state index >= 15 is 0 Å². The Morgan fingerprint density at radius 2 is 0.881 bits per heavy atom. The van der Waals surface area contributed by atoms with E-state index in [1.165, 1.54) is 106 Å². The third-order valence-corrected chi connectivity index (χ3v) is 19.3. The van der Waals surface area contributed by atoms with Crippen molar-refractivity contribution >= 4 is 67.2 Å². The number of hydrogen-bond acceptors (Lipinski definition) is 4. The van der Waals surface area contributed by atoms with Crippen LogP contribution < -0.4 is 4.90 Å². The predicted molar refractivity (Wildman–Crippen MR) is 354 cm³/mol. The van der Waals surface area contributed by atoms with E-state index in [4.69, 9.17) is 8.75 Å². The highest BCUT2D eigenvalue weighted by molar-refractivity contribution is 7.00. The molecule has 16 rings (SSSR count). The molecule has 0 spiro atoms. The van der Waals surface area contributed by atoms with Crippen molar-refractivity contribution < 1.29 is 0 Å². The van der Waals surface area contributed by atoms with Crippen LogP contribution >= 0.6 is 11.7 Å². The summed E-state index contributed by atoms with van der Waals surface area (Å²) in [4.78, 5) is 2.27. The lowest BCUT2D eigenvalue weighted by Gasteiger charge is -2.30. The van der Waals surface area contributed by atoms with Gasteiger partial charge in [0.25, 0.3) is 0 Å². The van der Waals surface area contributed by atoms with Gasteiger partial charge >= 0.3 is 0 Å². The molecule has 0 saturated carbocycles. The summed E-state index contributed by atoms with van der Waals surface area (Å²) >= 11 is 1.26. The summed E-state index contributed by atoms with van der Waals surface area (Å²) in [6.07, 6.45) is 5.83. The van der Waals surface area contributed by atoms with Gasteiger partial charge in [0.1, 0.15) is 11.0 Å². The third kappa shape index (κ3) is 7.86. The average molecular weight is 1100 g/mol.